The zero-order valence-electron chi connectivity index (χ0n) is 13.2. The van der Waals surface area contributed by atoms with Crippen molar-refractivity contribution in [1.29, 1.82) is 0 Å². The number of piperidine rings is 1. The molecule has 0 bridgehead atoms. The summed E-state index contributed by atoms with van der Waals surface area (Å²) in [5.41, 5.74) is 6.55. The monoisotopic (exact) mass is 267 g/mol. The second kappa shape index (κ2) is 6.55. The number of likely N-dealkylation sites (tertiary alicyclic amines) is 2. The fraction of sp³-hybridized carbons (Fsp3) is 1.00. The first-order valence-corrected chi connectivity index (χ1v) is 8.30. The first-order valence-electron chi connectivity index (χ1n) is 8.30. The van der Waals surface area contributed by atoms with E-state index >= 15 is 0 Å². The molecular formula is C16H33N3. The zero-order valence-corrected chi connectivity index (χ0v) is 13.2. The van der Waals surface area contributed by atoms with Crippen molar-refractivity contribution in [1.82, 2.24) is 9.80 Å². The highest BCUT2D eigenvalue weighted by atomic mass is 15.3. The molecule has 0 amide bonds. The number of rotatable bonds is 3. The molecule has 0 spiro atoms. The smallest absolute Gasteiger partial charge is 0.0347 e. The van der Waals surface area contributed by atoms with Crippen LogP contribution in [0.1, 0.15) is 52.9 Å². The average molecular weight is 267 g/mol. The van der Waals surface area contributed by atoms with Gasteiger partial charge in [-0.25, -0.2) is 0 Å². The first-order chi connectivity index (χ1) is 9.11. The highest BCUT2D eigenvalue weighted by Gasteiger charge is 2.41. The van der Waals surface area contributed by atoms with Crippen LogP contribution in [-0.4, -0.2) is 54.1 Å². The van der Waals surface area contributed by atoms with Crippen LogP contribution in [0.15, 0.2) is 0 Å². The topological polar surface area (TPSA) is 32.5 Å². The molecule has 0 aromatic carbocycles. The van der Waals surface area contributed by atoms with E-state index in [1.54, 1.807) is 0 Å². The molecule has 2 saturated heterocycles. The van der Waals surface area contributed by atoms with Crippen LogP contribution in [0.4, 0.5) is 0 Å². The number of nitrogens with zero attached hydrogens (tertiary/aromatic N) is 2. The molecule has 3 heteroatoms. The lowest BCUT2D eigenvalue weighted by atomic mass is 9.82. The van der Waals surface area contributed by atoms with Gasteiger partial charge in [0.1, 0.15) is 0 Å². The Labute approximate surface area is 119 Å². The van der Waals surface area contributed by atoms with Crippen molar-refractivity contribution < 1.29 is 0 Å². The van der Waals surface area contributed by atoms with Gasteiger partial charge >= 0.3 is 0 Å². The van der Waals surface area contributed by atoms with Crippen molar-refractivity contribution >= 4 is 0 Å². The molecule has 112 valence electrons. The fourth-order valence-electron chi connectivity index (χ4n) is 4.11. The van der Waals surface area contributed by atoms with Crippen molar-refractivity contribution in [2.45, 2.75) is 64.5 Å². The average Bonchev–Trinajstić information content (AvgIpc) is 2.64. The van der Waals surface area contributed by atoms with Crippen LogP contribution in [-0.2, 0) is 0 Å². The van der Waals surface area contributed by atoms with Gasteiger partial charge in [-0.1, -0.05) is 13.8 Å². The van der Waals surface area contributed by atoms with Crippen molar-refractivity contribution in [2.75, 3.05) is 32.7 Å². The summed E-state index contributed by atoms with van der Waals surface area (Å²) < 4.78 is 0. The van der Waals surface area contributed by atoms with E-state index in [1.165, 1.54) is 58.3 Å². The van der Waals surface area contributed by atoms with Gasteiger partial charge in [-0.15, -0.1) is 0 Å². The van der Waals surface area contributed by atoms with Crippen LogP contribution < -0.4 is 5.73 Å². The summed E-state index contributed by atoms with van der Waals surface area (Å²) in [4.78, 5) is 5.37. The van der Waals surface area contributed by atoms with E-state index in [-0.39, 0.29) is 5.54 Å². The lowest BCUT2D eigenvalue weighted by molar-refractivity contribution is 0.000936. The quantitative estimate of drug-likeness (QED) is 0.852. The minimum Gasteiger partial charge on any atom is -0.329 e. The second-order valence-corrected chi connectivity index (χ2v) is 6.90. The van der Waals surface area contributed by atoms with Crippen LogP contribution >= 0.6 is 0 Å². The normalized spacial score (nSPS) is 39.2. The summed E-state index contributed by atoms with van der Waals surface area (Å²) in [5, 5.41) is 0. The third-order valence-corrected chi connectivity index (χ3v) is 5.56. The van der Waals surface area contributed by atoms with Crippen LogP contribution in [0.25, 0.3) is 0 Å². The predicted octanol–water partition coefficient (Wildman–Crippen LogP) is 2.31. The van der Waals surface area contributed by atoms with E-state index in [1.807, 2.05) is 0 Å². The molecule has 0 aromatic heterocycles. The summed E-state index contributed by atoms with van der Waals surface area (Å²) in [6, 6.07) is 0.716. The van der Waals surface area contributed by atoms with E-state index in [0.29, 0.717) is 6.04 Å². The van der Waals surface area contributed by atoms with Gasteiger partial charge in [-0.3, -0.25) is 4.90 Å². The van der Waals surface area contributed by atoms with E-state index < -0.39 is 0 Å². The van der Waals surface area contributed by atoms with Crippen LogP contribution in [0.5, 0.6) is 0 Å². The van der Waals surface area contributed by atoms with Crippen LogP contribution in [0.2, 0.25) is 0 Å². The van der Waals surface area contributed by atoms with Gasteiger partial charge in [0.25, 0.3) is 0 Å². The van der Waals surface area contributed by atoms with Crippen molar-refractivity contribution in [3.8, 4) is 0 Å². The predicted molar refractivity (Wildman–Crippen MR) is 82.3 cm³/mol. The SMILES string of the molecule is CCN1CCCC(CN)(N2CC(C)CCC2C)CC1. The summed E-state index contributed by atoms with van der Waals surface area (Å²) in [7, 11) is 0. The Kier molecular flexibility index (Phi) is 5.27. The molecule has 0 saturated carbocycles. The molecule has 0 aliphatic carbocycles. The summed E-state index contributed by atoms with van der Waals surface area (Å²) in [6.45, 7) is 12.9. The van der Waals surface area contributed by atoms with Crippen molar-refractivity contribution in [3.63, 3.8) is 0 Å². The third kappa shape index (κ3) is 3.32. The van der Waals surface area contributed by atoms with Gasteiger partial charge in [-0.05, 0) is 64.6 Å². The minimum absolute atomic E-state index is 0.276. The highest BCUT2D eigenvalue weighted by Crippen LogP contribution is 2.35. The molecule has 2 fully saturated rings. The molecule has 19 heavy (non-hydrogen) atoms. The Hall–Kier alpha value is -0.120. The highest BCUT2D eigenvalue weighted by molar-refractivity contribution is 4.98. The summed E-state index contributed by atoms with van der Waals surface area (Å²) in [5.74, 6) is 0.838. The first kappa shape index (κ1) is 15.3. The molecule has 2 N–H and O–H groups in total. The zero-order chi connectivity index (χ0) is 13.9. The van der Waals surface area contributed by atoms with Crippen LogP contribution in [0.3, 0.4) is 0 Å². The van der Waals surface area contributed by atoms with E-state index in [0.717, 1.165) is 12.5 Å². The standard InChI is InChI=1S/C16H33N3/c1-4-18-10-5-8-16(13-17,9-11-18)19-12-14(2)6-7-15(19)3/h14-15H,4-13,17H2,1-3H3. The van der Waals surface area contributed by atoms with E-state index in [4.69, 9.17) is 5.73 Å². The molecule has 2 aliphatic rings. The lowest BCUT2D eigenvalue weighted by Gasteiger charge is -2.50. The Bertz CT molecular complexity index is 281. The van der Waals surface area contributed by atoms with Gasteiger partial charge in [0.2, 0.25) is 0 Å². The molecular weight excluding hydrogens is 234 g/mol. The van der Waals surface area contributed by atoms with Gasteiger partial charge < -0.3 is 10.6 Å². The maximum Gasteiger partial charge on any atom is 0.0347 e. The Morgan fingerprint density at radius 1 is 1.16 bits per heavy atom. The van der Waals surface area contributed by atoms with Gasteiger partial charge in [-0.2, -0.15) is 0 Å². The lowest BCUT2D eigenvalue weighted by Crippen LogP contribution is -2.60. The van der Waals surface area contributed by atoms with E-state index in [9.17, 15) is 0 Å². The molecule has 2 heterocycles. The summed E-state index contributed by atoms with van der Waals surface area (Å²) in [6.07, 6.45) is 6.59. The van der Waals surface area contributed by atoms with E-state index in [2.05, 4.69) is 30.6 Å². The minimum atomic E-state index is 0.276. The fourth-order valence-corrected chi connectivity index (χ4v) is 4.11. The van der Waals surface area contributed by atoms with Gasteiger partial charge in [0.15, 0.2) is 0 Å². The van der Waals surface area contributed by atoms with Crippen molar-refractivity contribution in [2.24, 2.45) is 11.7 Å². The molecule has 3 unspecified atom stereocenters. The van der Waals surface area contributed by atoms with Gasteiger partial charge in [0, 0.05) is 24.7 Å². The summed E-state index contributed by atoms with van der Waals surface area (Å²) >= 11 is 0. The van der Waals surface area contributed by atoms with Crippen molar-refractivity contribution in [3.05, 3.63) is 0 Å². The third-order valence-electron chi connectivity index (χ3n) is 5.56. The number of hydrogen-bond acceptors (Lipinski definition) is 3. The maximum atomic E-state index is 6.27. The van der Waals surface area contributed by atoms with Crippen LogP contribution in [0, 0.1) is 5.92 Å². The van der Waals surface area contributed by atoms with Gasteiger partial charge in [0.05, 0.1) is 0 Å². The Morgan fingerprint density at radius 3 is 2.63 bits per heavy atom. The second-order valence-electron chi connectivity index (χ2n) is 6.90. The molecule has 2 rings (SSSR count). The Morgan fingerprint density at radius 2 is 1.95 bits per heavy atom. The molecule has 3 atom stereocenters. The molecule has 2 aliphatic heterocycles. The largest absolute Gasteiger partial charge is 0.329 e. The maximum absolute atomic E-state index is 6.27. The number of nitrogens with two attached hydrogens (primary N) is 1. The molecule has 3 nitrogen and oxygen atoms in total. The number of hydrogen-bond donors (Lipinski definition) is 1. The molecule has 0 radical (unpaired) electrons. The molecule has 0 aromatic rings. The Balaban J connectivity index is 2.11.